The van der Waals surface area contributed by atoms with E-state index in [2.05, 4.69) is 22.4 Å². The molecule has 0 atom stereocenters. The molecule has 0 unspecified atom stereocenters. The van der Waals surface area contributed by atoms with Gasteiger partial charge in [0.2, 0.25) is 5.89 Å². The summed E-state index contributed by atoms with van der Waals surface area (Å²) >= 11 is 0. The van der Waals surface area contributed by atoms with Gasteiger partial charge >= 0.3 is 0 Å². The van der Waals surface area contributed by atoms with Gasteiger partial charge in [-0.15, -0.1) is 10.2 Å². The van der Waals surface area contributed by atoms with Gasteiger partial charge < -0.3 is 14.2 Å². The Labute approximate surface area is 100 Å². The van der Waals surface area contributed by atoms with E-state index < -0.39 is 0 Å². The van der Waals surface area contributed by atoms with Crippen LogP contribution in [0.2, 0.25) is 0 Å². The van der Waals surface area contributed by atoms with Crippen LogP contribution >= 0.6 is 0 Å². The standard InChI is InChI=1S/C12H17N3O2/c1-2-6-13-7-3-4-11-14-15-12(17-11)10-5-8-16-9-10/h5,8-9,13H,2-4,6-7H2,1H3. The molecule has 0 saturated carbocycles. The monoisotopic (exact) mass is 235 g/mol. The summed E-state index contributed by atoms with van der Waals surface area (Å²) < 4.78 is 10.5. The number of aryl methyl sites for hydroxylation is 1. The first kappa shape index (κ1) is 11.9. The summed E-state index contributed by atoms with van der Waals surface area (Å²) in [6.45, 7) is 4.20. The Kier molecular flexibility index (Phi) is 4.32. The number of hydrogen-bond donors (Lipinski definition) is 1. The van der Waals surface area contributed by atoms with Crippen molar-refractivity contribution in [2.45, 2.75) is 26.2 Å². The maximum absolute atomic E-state index is 5.52. The number of nitrogens with zero attached hydrogens (tertiary/aromatic N) is 2. The average Bonchev–Trinajstić information content (AvgIpc) is 2.99. The Bertz CT molecular complexity index is 423. The summed E-state index contributed by atoms with van der Waals surface area (Å²) in [6.07, 6.45) is 6.16. The number of rotatable bonds is 7. The summed E-state index contributed by atoms with van der Waals surface area (Å²) in [5.74, 6) is 1.20. The minimum absolute atomic E-state index is 0.523. The highest BCUT2D eigenvalue weighted by Gasteiger charge is 2.08. The number of hydrogen-bond acceptors (Lipinski definition) is 5. The lowest BCUT2D eigenvalue weighted by molar-refractivity contribution is 0.490. The predicted octanol–water partition coefficient (Wildman–Crippen LogP) is 2.26. The number of aromatic nitrogens is 2. The Balaban J connectivity index is 1.79. The van der Waals surface area contributed by atoms with Crippen LogP contribution in [0, 0.1) is 0 Å². The first-order valence-electron chi connectivity index (χ1n) is 5.96. The van der Waals surface area contributed by atoms with Crippen LogP contribution in [-0.2, 0) is 6.42 Å². The van der Waals surface area contributed by atoms with Gasteiger partial charge in [-0.05, 0) is 32.0 Å². The van der Waals surface area contributed by atoms with Crippen LogP contribution in [0.25, 0.3) is 11.5 Å². The van der Waals surface area contributed by atoms with Crippen molar-refractivity contribution >= 4 is 0 Å². The van der Waals surface area contributed by atoms with Crippen LogP contribution in [-0.4, -0.2) is 23.3 Å². The van der Waals surface area contributed by atoms with Crippen LogP contribution in [0.5, 0.6) is 0 Å². The number of furan rings is 1. The second kappa shape index (κ2) is 6.20. The highest BCUT2D eigenvalue weighted by molar-refractivity contribution is 5.49. The molecule has 0 amide bonds. The third-order valence-electron chi connectivity index (χ3n) is 2.41. The predicted molar refractivity (Wildman–Crippen MR) is 63.5 cm³/mol. The fraction of sp³-hybridized carbons (Fsp3) is 0.500. The molecule has 2 rings (SSSR count). The van der Waals surface area contributed by atoms with Gasteiger partial charge in [0, 0.05) is 6.42 Å². The molecule has 2 aromatic rings. The molecule has 17 heavy (non-hydrogen) atoms. The topological polar surface area (TPSA) is 64.1 Å². The zero-order valence-electron chi connectivity index (χ0n) is 9.98. The second-order valence-corrected chi connectivity index (χ2v) is 3.87. The lowest BCUT2D eigenvalue weighted by Crippen LogP contribution is -2.16. The zero-order valence-corrected chi connectivity index (χ0v) is 9.98. The maximum atomic E-state index is 5.52. The van der Waals surface area contributed by atoms with Gasteiger partial charge in [0.15, 0.2) is 0 Å². The Hall–Kier alpha value is -1.62. The van der Waals surface area contributed by atoms with Gasteiger partial charge in [0.05, 0.1) is 11.8 Å². The van der Waals surface area contributed by atoms with Crippen molar-refractivity contribution in [2.24, 2.45) is 0 Å². The van der Waals surface area contributed by atoms with E-state index in [1.54, 1.807) is 18.6 Å². The highest BCUT2D eigenvalue weighted by Crippen LogP contribution is 2.18. The summed E-state index contributed by atoms with van der Waals surface area (Å²) in [7, 11) is 0. The van der Waals surface area contributed by atoms with Crippen LogP contribution in [0.3, 0.4) is 0 Å². The molecule has 0 bridgehead atoms. The molecule has 0 radical (unpaired) electrons. The number of nitrogens with one attached hydrogen (secondary N) is 1. The van der Waals surface area contributed by atoms with E-state index in [4.69, 9.17) is 8.83 Å². The van der Waals surface area contributed by atoms with Crippen molar-refractivity contribution in [3.05, 3.63) is 24.5 Å². The van der Waals surface area contributed by atoms with E-state index in [0.29, 0.717) is 11.8 Å². The third kappa shape index (κ3) is 3.42. The molecule has 92 valence electrons. The van der Waals surface area contributed by atoms with Crippen molar-refractivity contribution in [2.75, 3.05) is 13.1 Å². The summed E-state index contributed by atoms with van der Waals surface area (Å²) in [5.41, 5.74) is 0.827. The van der Waals surface area contributed by atoms with Crippen LogP contribution < -0.4 is 5.32 Å². The van der Waals surface area contributed by atoms with E-state index >= 15 is 0 Å². The summed E-state index contributed by atoms with van der Waals surface area (Å²) in [6, 6.07) is 1.81. The van der Waals surface area contributed by atoms with E-state index in [-0.39, 0.29) is 0 Å². The minimum atomic E-state index is 0.523. The quantitative estimate of drug-likeness (QED) is 0.746. The first-order valence-corrected chi connectivity index (χ1v) is 5.96. The largest absolute Gasteiger partial charge is 0.472 e. The SMILES string of the molecule is CCCNCCCc1nnc(-c2ccoc2)o1. The molecule has 2 aromatic heterocycles. The summed E-state index contributed by atoms with van der Waals surface area (Å²) in [5, 5.41) is 11.3. The second-order valence-electron chi connectivity index (χ2n) is 3.87. The third-order valence-corrected chi connectivity index (χ3v) is 2.41. The van der Waals surface area contributed by atoms with Gasteiger partial charge in [0.1, 0.15) is 6.26 Å². The molecule has 0 aliphatic rings. The molecule has 5 heteroatoms. The van der Waals surface area contributed by atoms with Crippen molar-refractivity contribution in [1.82, 2.24) is 15.5 Å². The maximum Gasteiger partial charge on any atom is 0.250 e. The Morgan fingerprint density at radius 1 is 1.29 bits per heavy atom. The lowest BCUT2D eigenvalue weighted by Gasteiger charge is -1.99. The Morgan fingerprint density at radius 2 is 2.24 bits per heavy atom. The molecule has 0 aliphatic carbocycles. The smallest absolute Gasteiger partial charge is 0.250 e. The van der Waals surface area contributed by atoms with Crippen LogP contribution in [0.4, 0.5) is 0 Å². The lowest BCUT2D eigenvalue weighted by atomic mass is 10.3. The van der Waals surface area contributed by atoms with Gasteiger partial charge in [-0.1, -0.05) is 6.92 Å². The normalized spacial score (nSPS) is 10.9. The molecule has 0 saturated heterocycles. The van der Waals surface area contributed by atoms with E-state index in [9.17, 15) is 0 Å². The van der Waals surface area contributed by atoms with Crippen molar-refractivity contribution in [1.29, 1.82) is 0 Å². The van der Waals surface area contributed by atoms with E-state index in [1.165, 1.54) is 0 Å². The first-order chi connectivity index (χ1) is 8.40. The fourth-order valence-electron chi connectivity index (χ4n) is 1.52. The van der Waals surface area contributed by atoms with E-state index in [0.717, 1.165) is 37.9 Å². The van der Waals surface area contributed by atoms with E-state index in [1.807, 2.05) is 0 Å². The van der Waals surface area contributed by atoms with Gasteiger partial charge in [-0.2, -0.15) is 0 Å². The van der Waals surface area contributed by atoms with Gasteiger partial charge in [-0.25, -0.2) is 0 Å². The fourth-order valence-corrected chi connectivity index (χ4v) is 1.52. The molecule has 2 heterocycles. The minimum Gasteiger partial charge on any atom is -0.472 e. The highest BCUT2D eigenvalue weighted by atomic mass is 16.4. The molecule has 0 aromatic carbocycles. The zero-order chi connectivity index (χ0) is 11.9. The van der Waals surface area contributed by atoms with Crippen LogP contribution in [0.1, 0.15) is 25.7 Å². The molecule has 5 nitrogen and oxygen atoms in total. The van der Waals surface area contributed by atoms with Crippen molar-refractivity contribution < 1.29 is 8.83 Å². The average molecular weight is 235 g/mol. The Morgan fingerprint density at radius 3 is 3.00 bits per heavy atom. The van der Waals surface area contributed by atoms with Crippen molar-refractivity contribution in [3.63, 3.8) is 0 Å². The molecule has 0 fully saturated rings. The van der Waals surface area contributed by atoms with Gasteiger partial charge in [0.25, 0.3) is 5.89 Å². The summed E-state index contributed by atoms with van der Waals surface area (Å²) in [4.78, 5) is 0. The van der Waals surface area contributed by atoms with Crippen molar-refractivity contribution in [3.8, 4) is 11.5 Å². The van der Waals surface area contributed by atoms with Gasteiger partial charge in [-0.3, -0.25) is 0 Å². The molecule has 0 aliphatic heterocycles. The molecular formula is C12H17N3O2. The molecule has 1 N–H and O–H groups in total. The van der Waals surface area contributed by atoms with Crippen LogP contribution in [0.15, 0.2) is 27.4 Å². The molecular weight excluding hydrogens is 218 g/mol. The molecule has 0 spiro atoms.